The van der Waals surface area contributed by atoms with Crippen LogP contribution in [-0.4, -0.2) is 27.2 Å². The first-order valence-corrected chi connectivity index (χ1v) is 7.71. The van der Waals surface area contributed by atoms with Gasteiger partial charge in [0.25, 0.3) is 0 Å². The molecule has 0 unspecified atom stereocenters. The maximum absolute atomic E-state index is 13.7. The maximum atomic E-state index is 13.7. The van der Waals surface area contributed by atoms with Crippen LogP contribution in [0.25, 0.3) is 0 Å². The number of benzene rings is 1. The largest absolute Gasteiger partial charge is 0.355 e. The molecule has 1 fully saturated rings. The molecule has 0 bridgehead atoms. The van der Waals surface area contributed by atoms with E-state index in [0.717, 1.165) is 5.82 Å². The number of aromatic amines is 1. The van der Waals surface area contributed by atoms with Gasteiger partial charge in [-0.2, -0.15) is 5.10 Å². The third-order valence-corrected chi connectivity index (χ3v) is 4.48. The van der Waals surface area contributed by atoms with Gasteiger partial charge in [-0.3, -0.25) is 9.89 Å². The van der Waals surface area contributed by atoms with Crippen molar-refractivity contribution in [1.29, 1.82) is 0 Å². The molecule has 0 spiro atoms. The van der Waals surface area contributed by atoms with E-state index in [0.29, 0.717) is 24.2 Å². The van der Waals surface area contributed by atoms with Crippen molar-refractivity contribution in [2.24, 2.45) is 13.0 Å². The van der Waals surface area contributed by atoms with E-state index in [4.69, 9.17) is 12.2 Å². The van der Waals surface area contributed by atoms with Crippen molar-refractivity contribution < 1.29 is 13.6 Å². The third kappa shape index (κ3) is 3.17. The van der Waals surface area contributed by atoms with Crippen LogP contribution in [0.5, 0.6) is 0 Å². The van der Waals surface area contributed by atoms with E-state index >= 15 is 0 Å². The Bertz CT molecular complexity index is 781. The second-order valence-corrected chi connectivity index (χ2v) is 6.02. The highest BCUT2D eigenvalue weighted by molar-refractivity contribution is 7.71. The number of nitrogens with one attached hydrogen (secondary N) is 2. The molecule has 1 amide bonds. The molecule has 0 saturated heterocycles. The Hall–Kier alpha value is -2.09. The Morgan fingerprint density at radius 2 is 2.17 bits per heavy atom. The van der Waals surface area contributed by atoms with Gasteiger partial charge in [0.1, 0.15) is 17.5 Å². The minimum atomic E-state index is -0.591. The van der Waals surface area contributed by atoms with Crippen LogP contribution in [0.4, 0.5) is 8.78 Å². The molecule has 1 saturated carbocycles. The normalized spacial score (nSPS) is 19.6. The van der Waals surface area contributed by atoms with E-state index < -0.39 is 11.6 Å². The molecule has 1 heterocycles. The van der Waals surface area contributed by atoms with Gasteiger partial charge in [-0.15, -0.1) is 0 Å². The summed E-state index contributed by atoms with van der Waals surface area (Å²) in [4.78, 5) is 12.1. The van der Waals surface area contributed by atoms with E-state index in [-0.39, 0.29) is 23.3 Å². The lowest BCUT2D eigenvalue weighted by molar-refractivity contribution is -0.122. The summed E-state index contributed by atoms with van der Waals surface area (Å²) in [5, 5.41) is 9.51. The van der Waals surface area contributed by atoms with Crippen LogP contribution in [-0.2, 0) is 18.3 Å². The first kappa shape index (κ1) is 15.8. The zero-order chi connectivity index (χ0) is 16.6. The van der Waals surface area contributed by atoms with Crippen LogP contribution in [0.2, 0.25) is 0 Å². The Labute approximate surface area is 136 Å². The van der Waals surface area contributed by atoms with Gasteiger partial charge in [0.05, 0.1) is 0 Å². The van der Waals surface area contributed by atoms with E-state index in [2.05, 4.69) is 15.5 Å². The molecule has 2 aromatic rings. The summed E-state index contributed by atoms with van der Waals surface area (Å²) in [5.41, 5.74) is 0.0158. The molecule has 122 valence electrons. The van der Waals surface area contributed by atoms with Crippen molar-refractivity contribution in [3.63, 3.8) is 0 Å². The van der Waals surface area contributed by atoms with Crippen molar-refractivity contribution in [1.82, 2.24) is 20.1 Å². The molecule has 3 rings (SSSR count). The predicted octanol–water partition coefficient (Wildman–Crippen LogP) is 2.22. The molecule has 2 N–H and O–H groups in total. The van der Waals surface area contributed by atoms with Crippen LogP contribution in [0.15, 0.2) is 18.2 Å². The molecule has 0 aliphatic heterocycles. The summed E-state index contributed by atoms with van der Waals surface area (Å²) < 4.78 is 29.7. The van der Waals surface area contributed by atoms with E-state index in [1.165, 1.54) is 18.2 Å². The monoisotopic (exact) mass is 338 g/mol. The third-order valence-electron chi connectivity index (χ3n) is 4.12. The zero-order valence-corrected chi connectivity index (χ0v) is 13.3. The Morgan fingerprint density at radius 1 is 1.48 bits per heavy atom. The molecule has 8 heteroatoms. The number of hydrogen-bond acceptors (Lipinski definition) is 3. The van der Waals surface area contributed by atoms with E-state index in [1.807, 2.05) is 0 Å². The summed E-state index contributed by atoms with van der Waals surface area (Å²) in [6.45, 7) is 0.398. The van der Waals surface area contributed by atoms with E-state index in [1.54, 1.807) is 11.6 Å². The Balaban J connectivity index is 1.55. The second kappa shape index (κ2) is 6.19. The quantitative estimate of drug-likeness (QED) is 0.822. The fourth-order valence-corrected chi connectivity index (χ4v) is 2.85. The van der Waals surface area contributed by atoms with Gasteiger partial charge in [-0.1, -0.05) is 6.07 Å². The fourth-order valence-electron chi connectivity index (χ4n) is 2.70. The molecule has 1 aromatic heterocycles. The number of halogens is 2. The zero-order valence-electron chi connectivity index (χ0n) is 12.5. The lowest BCUT2D eigenvalue weighted by Crippen LogP contribution is -2.28. The average Bonchev–Trinajstić information content (AvgIpc) is 3.23. The minimum absolute atomic E-state index is 0.0158. The van der Waals surface area contributed by atoms with Crippen molar-refractivity contribution in [3.8, 4) is 0 Å². The number of rotatable bonds is 5. The van der Waals surface area contributed by atoms with Crippen molar-refractivity contribution in [3.05, 3.63) is 46.0 Å². The molecule has 1 aliphatic rings. The highest BCUT2D eigenvalue weighted by atomic mass is 32.1. The predicted molar refractivity (Wildman–Crippen MR) is 82.3 cm³/mol. The van der Waals surface area contributed by atoms with Crippen LogP contribution in [0.1, 0.15) is 23.7 Å². The van der Waals surface area contributed by atoms with Gasteiger partial charge in [-0.25, -0.2) is 8.78 Å². The van der Waals surface area contributed by atoms with Crippen molar-refractivity contribution in [2.75, 3.05) is 6.54 Å². The lowest BCUT2D eigenvalue weighted by atomic mass is 10.1. The second-order valence-electron chi connectivity index (χ2n) is 5.63. The molecule has 1 aliphatic carbocycles. The molecule has 5 nitrogen and oxygen atoms in total. The first-order chi connectivity index (χ1) is 11.0. The Morgan fingerprint density at radius 3 is 2.78 bits per heavy atom. The van der Waals surface area contributed by atoms with Gasteiger partial charge in [0.2, 0.25) is 5.91 Å². The molecular weight excluding hydrogens is 322 g/mol. The van der Waals surface area contributed by atoms with Crippen LogP contribution in [0.3, 0.4) is 0 Å². The molecule has 1 aromatic carbocycles. The lowest BCUT2D eigenvalue weighted by Gasteiger charge is -2.06. The van der Waals surface area contributed by atoms with Gasteiger partial charge in [0.15, 0.2) is 4.77 Å². The minimum Gasteiger partial charge on any atom is -0.355 e. The van der Waals surface area contributed by atoms with Crippen molar-refractivity contribution in [2.45, 2.75) is 18.8 Å². The maximum Gasteiger partial charge on any atom is 0.223 e. The van der Waals surface area contributed by atoms with E-state index in [9.17, 15) is 13.6 Å². The summed E-state index contributed by atoms with van der Waals surface area (Å²) >= 11 is 5.01. The number of hydrogen-bond donors (Lipinski definition) is 2. The van der Waals surface area contributed by atoms with Gasteiger partial charge in [0, 0.05) is 37.4 Å². The highest BCUT2D eigenvalue weighted by Gasteiger charge is 2.46. The average molecular weight is 338 g/mol. The SMILES string of the molecule is Cn1c(CCNC(=O)[C@@H]2C[C@@H]2c2c(F)cccc2F)n[nH]c1=S. The topological polar surface area (TPSA) is 62.7 Å². The summed E-state index contributed by atoms with van der Waals surface area (Å²) in [6, 6.07) is 3.76. The number of amides is 1. The number of carbonyl (C=O) groups is 1. The van der Waals surface area contributed by atoms with Gasteiger partial charge in [-0.05, 0) is 30.8 Å². The highest BCUT2D eigenvalue weighted by Crippen LogP contribution is 2.49. The first-order valence-electron chi connectivity index (χ1n) is 7.31. The summed E-state index contributed by atoms with van der Waals surface area (Å²) in [7, 11) is 1.79. The molecule has 0 radical (unpaired) electrons. The van der Waals surface area contributed by atoms with Gasteiger partial charge >= 0.3 is 0 Å². The smallest absolute Gasteiger partial charge is 0.223 e. The van der Waals surface area contributed by atoms with Crippen molar-refractivity contribution >= 4 is 18.1 Å². The van der Waals surface area contributed by atoms with Gasteiger partial charge < -0.3 is 9.88 Å². The fraction of sp³-hybridized carbons (Fsp3) is 0.400. The summed E-state index contributed by atoms with van der Waals surface area (Å²) in [5.74, 6) is -1.38. The number of nitrogens with zero attached hydrogens (tertiary/aromatic N) is 2. The number of H-pyrrole nitrogens is 1. The number of carbonyl (C=O) groups excluding carboxylic acids is 1. The van der Waals surface area contributed by atoms with Crippen LogP contribution < -0.4 is 5.32 Å². The molecule has 23 heavy (non-hydrogen) atoms. The summed E-state index contributed by atoms with van der Waals surface area (Å²) in [6.07, 6.45) is 0.997. The molecular formula is C15H16F2N4OS. The number of aromatic nitrogens is 3. The van der Waals surface area contributed by atoms with Crippen LogP contribution >= 0.6 is 12.2 Å². The molecule has 2 atom stereocenters. The standard InChI is InChI=1S/C15H16F2N4OS/c1-21-12(19-20-15(21)23)5-6-18-14(22)9-7-8(9)13-10(16)3-2-4-11(13)17/h2-4,8-9H,5-7H2,1H3,(H,18,22)(H,20,23)/t8-,9+/m0/s1. The Kier molecular flexibility index (Phi) is 4.25. The van der Waals surface area contributed by atoms with Crippen LogP contribution in [0, 0.1) is 22.3 Å².